The highest BCUT2D eigenvalue weighted by Crippen LogP contribution is 2.28. The summed E-state index contributed by atoms with van der Waals surface area (Å²) >= 11 is 0. The van der Waals surface area contributed by atoms with E-state index in [1.165, 1.54) is 42.4 Å². The SMILES string of the molecule is C=C1CCCC/C1=C/C(=C)C(C)C. The molecule has 0 aliphatic heterocycles. The highest BCUT2D eigenvalue weighted by atomic mass is 14.2. The van der Waals surface area contributed by atoms with Gasteiger partial charge in [-0.05, 0) is 37.2 Å². The van der Waals surface area contributed by atoms with Gasteiger partial charge in [0.1, 0.15) is 0 Å². The molecule has 0 unspecified atom stereocenters. The molecule has 0 radical (unpaired) electrons. The third-order valence-electron chi connectivity index (χ3n) is 2.73. The van der Waals surface area contributed by atoms with E-state index in [0.29, 0.717) is 5.92 Å². The summed E-state index contributed by atoms with van der Waals surface area (Å²) in [5, 5.41) is 0. The van der Waals surface area contributed by atoms with Crippen LogP contribution in [0.2, 0.25) is 0 Å². The van der Waals surface area contributed by atoms with E-state index in [9.17, 15) is 0 Å². The Kier molecular flexibility index (Phi) is 3.53. The van der Waals surface area contributed by atoms with Gasteiger partial charge in [0.25, 0.3) is 0 Å². The fraction of sp³-hybridized carbons (Fsp3) is 0.538. The Morgan fingerprint density at radius 3 is 2.46 bits per heavy atom. The van der Waals surface area contributed by atoms with Crippen LogP contribution in [0.1, 0.15) is 39.5 Å². The molecule has 1 aliphatic carbocycles. The summed E-state index contributed by atoms with van der Waals surface area (Å²) < 4.78 is 0. The number of rotatable bonds is 2. The van der Waals surface area contributed by atoms with Gasteiger partial charge in [-0.2, -0.15) is 0 Å². The zero-order valence-corrected chi connectivity index (χ0v) is 8.90. The van der Waals surface area contributed by atoms with Gasteiger partial charge in [-0.3, -0.25) is 0 Å². The van der Waals surface area contributed by atoms with Crippen molar-refractivity contribution in [2.24, 2.45) is 5.92 Å². The molecule has 0 aromatic heterocycles. The van der Waals surface area contributed by atoms with Crippen molar-refractivity contribution in [1.82, 2.24) is 0 Å². The molecule has 0 nitrogen and oxygen atoms in total. The number of hydrogen-bond acceptors (Lipinski definition) is 0. The average Bonchev–Trinajstić information content (AvgIpc) is 2.08. The van der Waals surface area contributed by atoms with Gasteiger partial charge in [0, 0.05) is 0 Å². The fourth-order valence-corrected chi connectivity index (χ4v) is 1.56. The Morgan fingerprint density at radius 1 is 1.31 bits per heavy atom. The molecular weight excluding hydrogens is 156 g/mol. The molecule has 0 aromatic carbocycles. The van der Waals surface area contributed by atoms with Gasteiger partial charge in [0.05, 0.1) is 0 Å². The van der Waals surface area contributed by atoms with Gasteiger partial charge < -0.3 is 0 Å². The fourth-order valence-electron chi connectivity index (χ4n) is 1.56. The van der Waals surface area contributed by atoms with Crippen molar-refractivity contribution in [3.05, 3.63) is 36.0 Å². The quantitative estimate of drug-likeness (QED) is 0.590. The maximum absolute atomic E-state index is 4.10. The molecule has 1 aliphatic rings. The molecule has 0 heterocycles. The maximum Gasteiger partial charge on any atom is -0.0225 e. The van der Waals surface area contributed by atoms with Crippen molar-refractivity contribution in [2.75, 3.05) is 0 Å². The van der Waals surface area contributed by atoms with Crippen LogP contribution in [-0.4, -0.2) is 0 Å². The van der Waals surface area contributed by atoms with Crippen LogP contribution in [-0.2, 0) is 0 Å². The zero-order valence-electron chi connectivity index (χ0n) is 8.90. The predicted octanol–water partition coefficient (Wildman–Crippen LogP) is 4.26. The van der Waals surface area contributed by atoms with E-state index in [1.54, 1.807) is 0 Å². The predicted molar refractivity (Wildman–Crippen MR) is 59.7 cm³/mol. The molecule has 0 spiro atoms. The van der Waals surface area contributed by atoms with E-state index in [2.05, 4.69) is 33.1 Å². The Bertz CT molecular complexity index is 241. The smallest absolute Gasteiger partial charge is 0.0225 e. The van der Waals surface area contributed by atoms with E-state index >= 15 is 0 Å². The first-order chi connectivity index (χ1) is 6.11. The van der Waals surface area contributed by atoms with Crippen LogP contribution in [0, 0.1) is 5.92 Å². The van der Waals surface area contributed by atoms with E-state index in [1.807, 2.05) is 0 Å². The van der Waals surface area contributed by atoms with E-state index in [4.69, 9.17) is 0 Å². The summed E-state index contributed by atoms with van der Waals surface area (Å²) in [6, 6.07) is 0. The molecular formula is C13H20. The molecule has 0 atom stereocenters. The normalized spacial score (nSPS) is 21.2. The molecule has 0 heteroatoms. The molecule has 1 saturated carbocycles. The summed E-state index contributed by atoms with van der Waals surface area (Å²) in [5.74, 6) is 0.558. The van der Waals surface area contributed by atoms with Gasteiger partial charge in [0.15, 0.2) is 0 Å². The first kappa shape index (κ1) is 10.3. The topological polar surface area (TPSA) is 0 Å². The van der Waals surface area contributed by atoms with E-state index in [0.717, 1.165) is 0 Å². The lowest BCUT2D eigenvalue weighted by atomic mass is 9.88. The molecule has 72 valence electrons. The van der Waals surface area contributed by atoms with Gasteiger partial charge in [-0.15, -0.1) is 0 Å². The third kappa shape index (κ3) is 2.87. The summed E-state index contributed by atoms with van der Waals surface area (Å²) in [4.78, 5) is 0. The van der Waals surface area contributed by atoms with Gasteiger partial charge in [-0.1, -0.05) is 44.2 Å². The first-order valence-corrected chi connectivity index (χ1v) is 5.18. The monoisotopic (exact) mass is 176 g/mol. The number of allylic oxidation sites excluding steroid dienone is 4. The summed E-state index contributed by atoms with van der Waals surface area (Å²) in [7, 11) is 0. The Labute approximate surface area is 82.0 Å². The van der Waals surface area contributed by atoms with Gasteiger partial charge >= 0.3 is 0 Å². The van der Waals surface area contributed by atoms with Crippen LogP contribution >= 0.6 is 0 Å². The Morgan fingerprint density at radius 2 is 1.92 bits per heavy atom. The van der Waals surface area contributed by atoms with Crippen LogP contribution in [0.4, 0.5) is 0 Å². The number of hydrogen-bond donors (Lipinski definition) is 0. The molecule has 0 saturated heterocycles. The molecule has 0 N–H and O–H groups in total. The molecule has 0 amide bonds. The van der Waals surface area contributed by atoms with Crippen molar-refractivity contribution in [3.63, 3.8) is 0 Å². The molecule has 0 bridgehead atoms. The van der Waals surface area contributed by atoms with Gasteiger partial charge in [-0.25, -0.2) is 0 Å². The Hall–Kier alpha value is -0.780. The van der Waals surface area contributed by atoms with Gasteiger partial charge in [0.2, 0.25) is 0 Å². The first-order valence-electron chi connectivity index (χ1n) is 5.18. The standard InChI is InChI=1S/C13H20/c1-10(2)12(4)9-13-8-6-5-7-11(13)3/h9-10H,3-8H2,1-2H3/b13-9-. The van der Waals surface area contributed by atoms with Crippen molar-refractivity contribution in [3.8, 4) is 0 Å². The van der Waals surface area contributed by atoms with Crippen molar-refractivity contribution in [1.29, 1.82) is 0 Å². The third-order valence-corrected chi connectivity index (χ3v) is 2.73. The van der Waals surface area contributed by atoms with Crippen LogP contribution in [0.3, 0.4) is 0 Å². The van der Waals surface area contributed by atoms with Crippen molar-refractivity contribution in [2.45, 2.75) is 39.5 Å². The Balaban J connectivity index is 2.68. The highest BCUT2D eigenvalue weighted by Gasteiger charge is 2.10. The molecule has 0 aromatic rings. The lowest BCUT2D eigenvalue weighted by Gasteiger charge is -2.18. The highest BCUT2D eigenvalue weighted by molar-refractivity contribution is 5.36. The lowest BCUT2D eigenvalue weighted by molar-refractivity contribution is 0.677. The summed E-state index contributed by atoms with van der Waals surface area (Å²) in [6.45, 7) is 12.5. The minimum Gasteiger partial charge on any atom is -0.0956 e. The van der Waals surface area contributed by atoms with E-state index < -0.39 is 0 Å². The van der Waals surface area contributed by atoms with Crippen LogP contribution in [0.5, 0.6) is 0 Å². The van der Waals surface area contributed by atoms with Crippen LogP contribution in [0.25, 0.3) is 0 Å². The maximum atomic E-state index is 4.10. The minimum absolute atomic E-state index is 0.558. The second kappa shape index (κ2) is 4.45. The molecule has 13 heavy (non-hydrogen) atoms. The van der Waals surface area contributed by atoms with Crippen molar-refractivity contribution >= 4 is 0 Å². The van der Waals surface area contributed by atoms with E-state index in [-0.39, 0.29) is 0 Å². The second-order valence-corrected chi connectivity index (χ2v) is 4.21. The van der Waals surface area contributed by atoms with Crippen LogP contribution < -0.4 is 0 Å². The van der Waals surface area contributed by atoms with Crippen molar-refractivity contribution < 1.29 is 0 Å². The lowest BCUT2D eigenvalue weighted by Crippen LogP contribution is -1.99. The second-order valence-electron chi connectivity index (χ2n) is 4.21. The average molecular weight is 176 g/mol. The molecule has 1 rings (SSSR count). The summed E-state index contributed by atoms with van der Waals surface area (Å²) in [6.07, 6.45) is 7.24. The van der Waals surface area contributed by atoms with Crippen LogP contribution in [0.15, 0.2) is 36.0 Å². The largest absolute Gasteiger partial charge is 0.0956 e. The zero-order chi connectivity index (χ0) is 9.84. The summed E-state index contributed by atoms with van der Waals surface area (Å²) in [5.41, 5.74) is 4.00. The molecule has 1 fully saturated rings. The minimum atomic E-state index is 0.558.